The minimum Gasteiger partial charge on any atom is -0.504 e. The molecule has 1 fully saturated rings. The number of anilines is 1. The number of nitrogens with two attached hydrogens (primary N) is 1. The molecule has 2 aromatic heterocycles. The minimum atomic E-state index is -1.28. The number of aliphatic hydroxyl groups excluding tert-OH is 2. The number of nitrogens with one attached hydrogen (secondary N) is 1. The Bertz CT molecular complexity index is 1540. The molecule has 2 unspecified atom stereocenters. The van der Waals surface area contributed by atoms with E-state index in [4.69, 9.17) is 10.5 Å². The maximum atomic E-state index is 12.8. The zero-order chi connectivity index (χ0) is 27.7. The van der Waals surface area contributed by atoms with Crippen LogP contribution < -0.4 is 11.1 Å². The molecule has 2 aromatic carbocycles. The summed E-state index contributed by atoms with van der Waals surface area (Å²) in [6.07, 6.45) is 1.83. The molecule has 1 saturated heterocycles. The fraction of sp³-hybridized carbons (Fsp3) is 0.259. The summed E-state index contributed by atoms with van der Waals surface area (Å²) in [4.78, 5) is 24.9. The molecule has 0 spiro atoms. The van der Waals surface area contributed by atoms with E-state index in [-0.39, 0.29) is 23.7 Å². The number of nitrogen functional groups attached to an aromatic ring is 1. The van der Waals surface area contributed by atoms with Crippen LogP contribution in [0.1, 0.15) is 33.3 Å². The first-order valence-electron chi connectivity index (χ1n) is 12.2. The zero-order valence-electron chi connectivity index (χ0n) is 21.0. The number of benzene rings is 2. The highest BCUT2D eigenvalue weighted by Crippen LogP contribution is 2.33. The van der Waals surface area contributed by atoms with Crippen molar-refractivity contribution in [2.24, 2.45) is 0 Å². The third-order valence-corrected chi connectivity index (χ3v) is 6.57. The van der Waals surface area contributed by atoms with E-state index in [9.17, 15) is 25.2 Å². The third kappa shape index (κ3) is 5.25. The molecule has 12 nitrogen and oxygen atoms in total. The number of hydrogen-bond acceptors (Lipinski definition) is 10. The van der Waals surface area contributed by atoms with Gasteiger partial charge in [0.25, 0.3) is 5.91 Å². The Morgan fingerprint density at radius 1 is 1.10 bits per heavy atom. The highest BCUT2D eigenvalue weighted by atomic mass is 16.6. The lowest BCUT2D eigenvalue weighted by molar-refractivity contribution is -0.0245. The molecule has 4 atom stereocenters. The van der Waals surface area contributed by atoms with Gasteiger partial charge in [0.05, 0.1) is 11.9 Å². The Kier molecular flexibility index (Phi) is 7.15. The predicted octanol–water partition coefficient (Wildman–Crippen LogP) is 1.32. The molecule has 5 rings (SSSR count). The number of hydrogen-bond donors (Lipinski definition) is 6. The van der Waals surface area contributed by atoms with E-state index in [1.807, 2.05) is 31.2 Å². The topological polar surface area (TPSA) is 189 Å². The Morgan fingerprint density at radius 3 is 2.64 bits per heavy atom. The Morgan fingerprint density at radius 2 is 1.87 bits per heavy atom. The SMILES string of the molecule is Cc1ccc(Cc2cc(O)c(O)c(C(=O)NC/C=C/[C@H]3O[C@@H](n4cnc5c(N)ncnc54)C(O)C3O)c2)cc1. The molecule has 1 aliphatic rings. The molecule has 0 aliphatic carbocycles. The van der Waals surface area contributed by atoms with Crippen LogP contribution in [0.2, 0.25) is 0 Å². The van der Waals surface area contributed by atoms with Crippen LogP contribution in [0.25, 0.3) is 11.2 Å². The lowest BCUT2D eigenvalue weighted by Gasteiger charge is -2.16. The lowest BCUT2D eigenvalue weighted by Crippen LogP contribution is -2.31. The first-order valence-corrected chi connectivity index (χ1v) is 12.2. The van der Waals surface area contributed by atoms with Gasteiger partial charge >= 0.3 is 0 Å². The van der Waals surface area contributed by atoms with E-state index in [2.05, 4.69) is 20.3 Å². The Labute approximate surface area is 223 Å². The van der Waals surface area contributed by atoms with E-state index in [0.29, 0.717) is 23.1 Å². The maximum Gasteiger partial charge on any atom is 0.255 e. The summed E-state index contributed by atoms with van der Waals surface area (Å²) in [7, 11) is 0. The van der Waals surface area contributed by atoms with Crippen LogP contribution in [-0.4, -0.2) is 70.7 Å². The molecule has 0 bridgehead atoms. The first-order chi connectivity index (χ1) is 18.7. The number of phenolic OH excluding ortho intramolecular Hbond substituents is 2. The van der Waals surface area contributed by atoms with E-state index in [0.717, 1.165) is 11.1 Å². The van der Waals surface area contributed by atoms with Crippen molar-refractivity contribution >= 4 is 22.9 Å². The van der Waals surface area contributed by atoms with Gasteiger partial charge in [0.1, 0.15) is 30.2 Å². The molecule has 0 saturated carbocycles. The van der Waals surface area contributed by atoms with E-state index < -0.39 is 36.2 Å². The molecule has 1 amide bonds. The van der Waals surface area contributed by atoms with Gasteiger partial charge in [-0.15, -0.1) is 0 Å². The molecule has 7 N–H and O–H groups in total. The molecule has 0 radical (unpaired) electrons. The van der Waals surface area contributed by atoms with Crippen molar-refractivity contribution < 1.29 is 30.0 Å². The quantitative estimate of drug-likeness (QED) is 0.150. The molecular weight excluding hydrogens is 504 g/mol. The van der Waals surface area contributed by atoms with Crippen LogP contribution in [0, 0.1) is 6.92 Å². The highest BCUT2D eigenvalue weighted by molar-refractivity contribution is 5.98. The molecule has 4 aromatic rings. The van der Waals surface area contributed by atoms with Crippen molar-refractivity contribution in [2.75, 3.05) is 12.3 Å². The number of rotatable bonds is 7. The van der Waals surface area contributed by atoms with Crippen molar-refractivity contribution in [3.8, 4) is 11.5 Å². The zero-order valence-corrected chi connectivity index (χ0v) is 21.0. The summed E-state index contributed by atoms with van der Waals surface area (Å²) in [6.45, 7) is 2.02. The summed E-state index contributed by atoms with van der Waals surface area (Å²) in [5.41, 5.74) is 9.23. The van der Waals surface area contributed by atoms with Gasteiger partial charge in [-0.1, -0.05) is 42.0 Å². The molecule has 12 heteroatoms. The number of carbonyl (C=O) groups excluding carboxylic acids is 1. The summed E-state index contributed by atoms with van der Waals surface area (Å²) < 4.78 is 7.30. The number of ether oxygens (including phenoxy) is 1. The number of amides is 1. The number of aromatic nitrogens is 4. The average Bonchev–Trinajstić information content (AvgIpc) is 3.47. The van der Waals surface area contributed by atoms with Crippen LogP contribution in [-0.2, 0) is 11.2 Å². The second kappa shape index (κ2) is 10.7. The second-order valence-corrected chi connectivity index (χ2v) is 9.37. The van der Waals surface area contributed by atoms with Gasteiger partial charge in [0, 0.05) is 6.54 Å². The molecule has 1 aliphatic heterocycles. The predicted molar refractivity (Wildman–Crippen MR) is 141 cm³/mol. The largest absolute Gasteiger partial charge is 0.504 e. The number of aromatic hydroxyl groups is 2. The summed E-state index contributed by atoms with van der Waals surface area (Å²) >= 11 is 0. The lowest BCUT2D eigenvalue weighted by atomic mass is 10.0. The van der Waals surface area contributed by atoms with E-state index >= 15 is 0 Å². The number of carbonyl (C=O) groups is 1. The van der Waals surface area contributed by atoms with Gasteiger partial charge in [0.2, 0.25) is 0 Å². The van der Waals surface area contributed by atoms with Crippen molar-refractivity contribution in [1.29, 1.82) is 0 Å². The number of aryl methyl sites for hydroxylation is 1. The molecular formula is C27H28N6O6. The van der Waals surface area contributed by atoms with Crippen molar-refractivity contribution in [2.45, 2.75) is 37.9 Å². The van der Waals surface area contributed by atoms with Crippen LogP contribution >= 0.6 is 0 Å². The van der Waals surface area contributed by atoms with Crippen molar-refractivity contribution in [3.63, 3.8) is 0 Å². The standard InChI is InChI=1S/C27H28N6O6/c1-14-4-6-15(7-5-14)9-16-10-17(21(35)18(34)11-16)26(38)29-8-2-3-19-22(36)23(37)27(39-19)33-13-32-20-24(28)30-12-31-25(20)33/h2-7,10-13,19,22-23,27,34-37H,8-9H2,1H3,(H,29,38)(H2,28,30,31)/b3-2+/t19-,22?,23?,27-/m1/s1. The van der Waals surface area contributed by atoms with E-state index in [1.165, 1.54) is 35.4 Å². The van der Waals surface area contributed by atoms with Gasteiger partial charge in [0.15, 0.2) is 29.2 Å². The third-order valence-electron chi connectivity index (χ3n) is 6.57. The van der Waals surface area contributed by atoms with Crippen LogP contribution in [0.5, 0.6) is 11.5 Å². The summed E-state index contributed by atoms with van der Waals surface area (Å²) in [6, 6.07) is 10.8. The fourth-order valence-corrected chi connectivity index (χ4v) is 4.47. The van der Waals surface area contributed by atoms with Crippen molar-refractivity contribution in [1.82, 2.24) is 24.8 Å². The second-order valence-electron chi connectivity index (χ2n) is 9.37. The Balaban J connectivity index is 1.23. The monoisotopic (exact) mass is 532 g/mol. The van der Waals surface area contributed by atoms with Gasteiger partial charge in [-0.25, -0.2) is 15.0 Å². The number of imidazole rings is 1. The highest BCUT2D eigenvalue weighted by Gasteiger charge is 2.43. The average molecular weight is 533 g/mol. The molecule has 39 heavy (non-hydrogen) atoms. The summed E-state index contributed by atoms with van der Waals surface area (Å²) in [5.74, 6) is -1.31. The molecule has 202 valence electrons. The number of fused-ring (bicyclic) bond motifs is 1. The number of phenols is 2. The number of nitrogens with zero attached hydrogens (tertiary/aromatic N) is 4. The first kappa shape index (κ1) is 26.1. The van der Waals surface area contributed by atoms with Crippen molar-refractivity contribution in [3.05, 3.63) is 83.5 Å². The molecule has 3 heterocycles. The minimum absolute atomic E-state index is 0.0341. The van der Waals surface area contributed by atoms with Crippen LogP contribution in [0.15, 0.2) is 61.2 Å². The van der Waals surface area contributed by atoms with Crippen LogP contribution in [0.4, 0.5) is 5.82 Å². The van der Waals surface area contributed by atoms with Gasteiger partial charge in [-0.2, -0.15) is 0 Å². The Hall–Kier alpha value is -4.52. The normalized spacial score (nSPS) is 21.1. The van der Waals surface area contributed by atoms with Gasteiger partial charge < -0.3 is 36.2 Å². The summed E-state index contributed by atoms with van der Waals surface area (Å²) in [5, 5.41) is 44.2. The van der Waals surface area contributed by atoms with Gasteiger partial charge in [-0.05, 0) is 36.6 Å². The fourth-order valence-electron chi connectivity index (χ4n) is 4.47. The number of aliphatic hydroxyl groups is 2. The van der Waals surface area contributed by atoms with Crippen LogP contribution in [0.3, 0.4) is 0 Å². The smallest absolute Gasteiger partial charge is 0.255 e. The van der Waals surface area contributed by atoms with Gasteiger partial charge in [-0.3, -0.25) is 9.36 Å². The maximum absolute atomic E-state index is 12.8. The van der Waals surface area contributed by atoms with E-state index in [1.54, 1.807) is 6.08 Å².